The third kappa shape index (κ3) is 2.64. The van der Waals surface area contributed by atoms with Crippen molar-refractivity contribution >= 4 is 11.4 Å². The molecule has 0 aliphatic carbocycles. The highest BCUT2D eigenvalue weighted by atomic mass is 19.1. The summed E-state index contributed by atoms with van der Waals surface area (Å²) in [5, 5.41) is 20.3. The second-order valence-electron chi connectivity index (χ2n) is 3.75. The number of nitro benzene ring substituents is 1. The van der Waals surface area contributed by atoms with Crippen molar-refractivity contribution in [3.05, 3.63) is 46.0 Å². The average molecular weight is 269 g/mol. The van der Waals surface area contributed by atoms with E-state index >= 15 is 0 Å². The summed E-state index contributed by atoms with van der Waals surface area (Å²) >= 11 is 0. The summed E-state index contributed by atoms with van der Waals surface area (Å²) in [6.07, 6.45) is 1.44. The van der Waals surface area contributed by atoms with Crippen molar-refractivity contribution in [3.8, 4) is 0 Å². The summed E-state index contributed by atoms with van der Waals surface area (Å²) in [4.78, 5) is 9.57. The van der Waals surface area contributed by atoms with Crippen LogP contribution in [0.25, 0.3) is 0 Å². The molecule has 0 saturated heterocycles. The first-order chi connectivity index (χ1) is 8.99. The lowest BCUT2D eigenvalue weighted by molar-refractivity contribution is -0.385. The number of nitrogens with zero attached hydrogens (tertiary/aromatic N) is 4. The number of halogens is 2. The minimum Gasteiger partial charge on any atom is -0.373 e. The van der Waals surface area contributed by atoms with Gasteiger partial charge in [0.25, 0.3) is 5.69 Å². The Morgan fingerprint density at radius 2 is 2.05 bits per heavy atom. The van der Waals surface area contributed by atoms with E-state index in [9.17, 15) is 18.9 Å². The summed E-state index contributed by atoms with van der Waals surface area (Å²) < 4.78 is 28.7. The van der Waals surface area contributed by atoms with E-state index < -0.39 is 27.9 Å². The number of aryl methyl sites for hydroxylation is 1. The van der Waals surface area contributed by atoms with Gasteiger partial charge in [0.15, 0.2) is 17.5 Å². The van der Waals surface area contributed by atoms with Crippen molar-refractivity contribution in [3.63, 3.8) is 0 Å². The summed E-state index contributed by atoms with van der Waals surface area (Å²) in [5.74, 6) is -1.60. The molecule has 0 fully saturated rings. The summed E-state index contributed by atoms with van der Waals surface area (Å²) in [6, 6.07) is 1.31. The zero-order valence-electron chi connectivity index (χ0n) is 9.80. The minimum atomic E-state index is -1.03. The number of aromatic nitrogens is 3. The highest BCUT2D eigenvalue weighted by molar-refractivity contribution is 5.51. The molecule has 0 unspecified atom stereocenters. The van der Waals surface area contributed by atoms with Gasteiger partial charge in [-0.15, -0.1) is 10.2 Å². The molecule has 0 saturated carbocycles. The van der Waals surface area contributed by atoms with Crippen LogP contribution >= 0.6 is 0 Å². The molecule has 9 heteroatoms. The lowest BCUT2D eigenvalue weighted by atomic mass is 10.2. The molecule has 0 atom stereocenters. The molecule has 1 aromatic heterocycles. The SMILES string of the molecule is Cn1cnnc1CNc1c(F)cc([N+](=O)[O-])cc1F. The normalized spacial score (nSPS) is 10.5. The van der Waals surface area contributed by atoms with Crippen molar-refractivity contribution in [1.29, 1.82) is 0 Å². The van der Waals surface area contributed by atoms with Crippen molar-refractivity contribution in [2.45, 2.75) is 6.54 Å². The maximum absolute atomic E-state index is 13.6. The number of benzene rings is 1. The van der Waals surface area contributed by atoms with E-state index in [1.54, 1.807) is 11.6 Å². The van der Waals surface area contributed by atoms with E-state index in [-0.39, 0.29) is 6.54 Å². The van der Waals surface area contributed by atoms with E-state index in [0.717, 1.165) is 0 Å². The molecule has 0 bridgehead atoms. The van der Waals surface area contributed by atoms with Gasteiger partial charge in [0.05, 0.1) is 23.6 Å². The molecular weight excluding hydrogens is 260 g/mol. The lowest BCUT2D eigenvalue weighted by Gasteiger charge is -2.08. The number of non-ortho nitro benzene ring substituents is 1. The Kier molecular flexibility index (Phi) is 3.36. The van der Waals surface area contributed by atoms with Crippen LogP contribution in [-0.2, 0) is 13.6 Å². The molecule has 100 valence electrons. The van der Waals surface area contributed by atoms with E-state index in [1.807, 2.05) is 0 Å². The van der Waals surface area contributed by atoms with Gasteiger partial charge in [-0.2, -0.15) is 0 Å². The zero-order chi connectivity index (χ0) is 14.0. The van der Waals surface area contributed by atoms with Gasteiger partial charge in [-0.05, 0) is 0 Å². The van der Waals surface area contributed by atoms with Crippen LogP contribution in [0, 0.1) is 21.7 Å². The monoisotopic (exact) mass is 269 g/mol. The van der Waals surface area contributed by atoms with Gasteiger partial charge in [-0.25, -0.2) is 8.78 Å². The van der Waals surface area contributed by atoms with Crippen LogP contribution < -0.4 is 5.32 Å². The smallest absolute Gasteiger partial charge is 0.275 e. The summed E-state index contributed by atoms with van der Waals surface area (Å²) in [5.41, 5.74) is -1.08. The Bertz CT molecular complexity index is 605. The number of anilines is 1. The Hall–Kier alpha value is -2.58. The molecule has 1 N–H and O–H groups in total. The molecular formula is C10H9F2N5O2. The molecule has 0 spiro atoms. The maximum atomic E-state index is 13.6. The topological polar surface area (TPSA) is 85.9 Å². The second-order valence-corrected chi connectivity index (χ2v) is 3.75. The molecule has 1 aromatic carbocycles. The number of hydrogen-bond donors (Lipinski definition) is 1. The second kappa shape index (κ2) is 4.96. The fourth-order valence-corrected chi connectivity index (χ4v) is 1.47. The highest BCUT2D eigenvalue weighted by Gasteiger charge is 2.17. The fourth-order valence-electron chi connectivity index (χ4n) is 1.47. The van der Waals surface area contributed by atoms with E-state index in [4.69, 9.17) is 0 Å². The van der Waals surface area contributed by atoms with Gasteiger partial charge < -0.3 is 9.88 Å². The Labute approximate surface area is 106 Å². The fraction of sp³-hybridized carbons (Fsp3) is 0.200. The van der Waals surface area contributed by atoms with Crippen LogP contribution in [0.1, 0.15) is 5.82 Å². The van der Waals surface area contributed by atoms with Gasteiger partial charge >= 0.3 is 0 Å². The number of nitro groups is 1. The third-order valence-corrected chi connectivity index (χ3v) is 2.47. The van der Waals surface area contributed by atoms with Crippen LogP contribution in [0.3, 0.4) is 0 Å². The van der Waals surface area contributed by atoms with Crippen LogP contribution in [0.15, 0.2) is 18.5 Å². The third-order valence-electron chi connectivity index (χ3n) is 2.47. The molecule has 2 aromatic rings. The first-order valence-corrected chi connectivity index (χ1v) is 5.19. The first kappa shape index (κ1) is 12.9. The van der Waals surface area contributed by atoms with Crippen LogP contribution in [0.5, 0.6) is 0 Å². The predicted octanol–water partition coefficient (Wildman–Crippen LogP) is 1.61. The maximum Gasteiger partial charge on any atom is 0.275 e. The van der Waals surface area contributed by atoms with E-state index in [1.165, 1.54) is 6.33 Å². The van der Waals surface area contributed by atoms with Gasteiger partial charge in [-0.3, -0.25) is 10.1 Å². The quantitative estimate of drug-likeness (QED) is 0.673. The number of hydrogen-bond acceptors (Lipinski definition) is 5. The molecule has 0 radical (unpaired) electrons. The largest absolute Gasteiger partial charge is 0.373 e. The van der Waals surface area contributed by atoms with Gasteiger partial charge in [0, 0.05) is 7.05 Å². The van der Waals surface area contributed by atoms with Crippen molar-refractivity contribution in [1.82, 2.24) is 14.8 Å². The van der Waals surface area contributed by atoms with Gasteiger partial charge in [-0.1, -0.05) is 0 Å². The molecule has 7 nitrogen and oxygen atoms in total. The molecule has 1 heterocycles. The number of nitrogens with one attached hydrogen (secondary N) is 1. The van der Waals surface area contributed by atoms with E-state index in [2.05, 4.69) is 15.5 Å². The van der Waals surface area contributed by atoms with Crippen LogP contribution in [0.4, 0.5) is 20.2 Å². The van der Waals surface area contributed by atoms with Crippen molar-refractivity contribution in [2.75, 3.05) is 5.32 Å². The average Bonchev–Trinajstić information content (AvgIpc) is 2.73. The molecule has 0 aliphatic heterocycles. The van der Waals surface area contributed by atoms with Gasteiger partial charge in [0.1, 0.15) is 12.0 Å². The zero-order valence-corrected chi connectivity index (χ0v) is 9.80. The lowest BCUT2D eigenvalue weighted by Crippen LogP contribution is -2.08. The molecule has 0 aliphatic rings. The van der Waals surface area contributed by atoms with Gasteiger partial charge in [0.2, 0.25) is 0 Å². The Morgan fingerprint density at radius 3 is 2.53 bits per heavy atom. The van der Waals surface area contributed by atoms with Crippen LogP contribution in [0.2, 0.25) is 0 Å². The highest BCUT2D eigenvalue weighted by Crippen LogP contribution is 2.25. The summed E-state index contributed by atoms with van der Waals surface area (Å²) in [6.45, 7) is 0.0438. The predicted molar refractivity (Wildman–Crippen MR) is 61.3 cm³/mol. The molecule has 0 amide bonds. The summed E-state index contributed by atoms with van der Waals surface area (Å²) in [7, 11) is 1.68. The van der Waals surface area contributed by atoms with E-state index in [0.29, 0.717) is 18.0 Å². The number of rotatable bonds is 4. The van der Waals surface area contributed by atoms with Crippen molar-refractivity contribution in [2.24, 2.45) is 7.05 Å². The first-order valence-electron chi connectivity index (χ1n) is 5.19. The van der Waals surface area contributed by atoms with Crippen molar-refractivity contribution < 1.29 is 13.7 Å². The molecule has 19 heavy (non-hydrogen) atoms. The van der Waals surface area contributed by atoms with Crippen LogP contribution in [-0.4, -0.2) is 19.7 Å². The molecule has 2 rings (SSSR count). The minimum absolute atomic E-state index is 0.0438. The standard InChI is InChI=1S/C10H9F2N5O2/c1-16-5-14-15-9(16)4-13-10-7(11)2-6(17(18)19)3-8(10)12/h2-3,5,13H,4H2,1H3. The Balaban J connectivity index is 2.21. The Morgan fingerprint density at radius 1 is 1.42 bits per heavy atom.